The normalized spacial score (nSPS) is 20.8. The number of carbonyl (C=O) groups excluding carboxylic acids is 2. The first-order valence-electron chi connectivity index (χ1n) is 7.81. The molecule has 1 saturated carbocycles. The molecule has 0 saturated heterocycles. The molecular weight excluding hydrogens is 300 g/mol. The zero-order valence-electron chi connectivity index (χ0n) is 13.3. The molecule has 126 valence electrons. The molecule has 0 aromatic carbocycles. The minimum atomic E-state index is -0.944. The molecule has 0 aliphatic heterocycles. The third kappa shape index (κ3) is 3.69. The topological polar surface area (TPSA) is 113 Å². The Labute approximate surface area is 134 Å². The van der Waals surface area contributed by atoms with Gasteiger partial charge in [-0.25, -0.2) is 0 Å². The summed E-state index contributed by atoms with van der Waals surface area (Å²) in [5.74, 6) is -2.96. The molecule has 1 heterocycles. The first kappa shape index (κ1) is 17.0. The number of carbonyl (C=O) groups is 3. The van der Waals surface area contributed by atoms with E-state index in [1.807, 2.05) is 6.92 Å². The Balaban J connectivity index is 2.20. The van der Waals surface area contributed by atoms with Gasteiger partial charge in [0.25, 0.3) is 5.91 Å². The van der Waals surface area contributed by atoms with Gasteiger partial charge in [-0.3, -0.25) is 19.1 Å². The van der Waals surface area contributed by atoms with E-state index < -0.39 is 23.7 Å². The van der Waals surface area contributed by atoms with Crippen molar-refractivity contribution < 1.29 is 19.5 Å². The summed E-state index contributed by atoms with van der Waals surface area (Å²) >= 11 is 0. The van der Waals surface area contributed by atoms with Crippen molar-refractivity contribution in [2.24, 2.45) is 11.8 Å². The number of aryl methyl sites for hydroxylation is 1. The van der Waals surface area contributed by atoms with Gasteiger partial charge in [0, 0.05) is 19.8 Å². The predicted octanol–water partition coefficient (Wildman–Crippen LogP) is 1.09. The number of carboxylic acids is 1. The standard InChI is InChI=1S/C15H22N4O4/c1-3-19-8-11(12(18-19)14(21)16-2)17-13(20)9-6-4-5-7-10(9)15(22)23/h8-10H,3-7H2,1-2H3,(H,16,21)(H,17,20)(H,22,23)/t9-,10+/m0/s1. The summed E-state index contributed by atoms with van der Waals surface area (Å²) in [5, 5.41) is 18.6. The van der Waals surface area contributed by atoms with Gasteiger partial charge in [-0.2, -0.15) is 5.10 Å². The Morgan fingerprint density at radius 3 is 2.52 bits per heavy atom. The highest BCUT2D eigenvalue weighted by Gasteiger charge is 2.36. The number of aromatic nitrogens is 2. The van der Waals surface area contributed by atoms with E-state index >= 15 is 0 Å². The molecule has 2 amide bonds. The minimum absolute atomic E-state index is 0.130. The summed E-state index contributed by atoms with van der Waals surface area (Å²) in [4.78, 5) is 35.7. The molecule has 2 atom stereocenters. The number of hydrogen-bond acceptors (Lipinski definition) is 4. The van der Waals surface area contributed by atoms with Crippen LogP contribution < -0.4 is 10.6 Å². The SMILES string of the molecule is CCn1cc(NC(=O)[C@H]2CCCC[C@H]2C(=O)O)c(C(=O)NC)n1. The van der Waals surface area contributed by atoms with E-state index in [1.54, 1.807) is 10.9 Å². The van der Waals surface area contributed by atoms with E-state index in [-0.39, 0.29) is 11.6 Å². The first-order valence-corrected chi connectivity index (χ1v) is 7.81. The molecule has 23 heavy (non-hydrogen) atoms. The Bertz CT molecular complexity index is 611. The van der Waals surface area contributed by atoms with Crippen molar-refractivity contribution in [2.45, 2.75) is 39.2 Å². The number of rotatable bonds is 5. The summed E-state index contributed by atoms with van der Waals surface area (Å²) in [6, 6.07) is 0. The Morgan fingerprint density at radius 1 is 1.30 bits per heavy atom. The molecule has 1 aliphatic rings. The van der Waals surface area contributed by atoms with Crippen molar-refractivity contribution in [3.05, 3.63) is 11.9 Å². The van der Waals surface area contributed by atoms with Crippen molar-refractivity contribution >= 4 is 23.5 Å². The van der Waals surface area contributed by atoms with E-state index in [0.29, 0.717) is 25.1 Å². The number of hydrogen-bond donors (Lipinski definition) is 3. The van der Waals surface area contributed by atoms with Crippen LogP contribution >= 0.6 is 0 Å². The van der Waals surface area contributed by atoms with Gasteiger partial charge < -0.3 is 15.7 Å². The fourth-order valence-electron chi connectivity index (χ4n) is 2.93. The fourth-order valence-corrected chi connectivity index (χ4v) is 2.93. The summed E-state index contributed by atoms with van der Waals surface area (Å²) in [5.41, 5.74) is 0.441. The second-order valence-electron chi connectivity index (χ2n) is 5.65. The molecule has 0 bridgehead atoms. The quantitative estimate of drug-likeness (QED) is 0.751. The first-order chi connectivity index (χ1) is 11.0. The van der Waals surface area contributed by atoms with E-state index in [4.69, 9.17) is 0 Å². The van der Waals surface area contributed by atoms with Crippen molar-refractivity contribution in [1.82, 2.24) is 15.1 Å². The van der Waals surface area contributed by atoms with Gasteiger partial charge in [-0.1, -0.05) is 12.8 Å². The smallest absolute Gasteiger partial charge is 0.307 e. The van der Waals surface area contributed by atoms with Crippen molar-refractivity contribution in [1.29, 1.82) is 0 Å². The highest BCUT2D eigenvalue weighted by molar-refractivity contribution is 6.03. The van der Waals surface area contributed by atoms with Crippen LogP contribution in [0.3, 0.4) is 0 Å². The highest BCUT2D eigenvalue weighted by Crippen LogP contribution is 2.31. The third-order valence-electron chi connectivity index (χ3n) is 4.21. The zero-order chi connectivity index (χ0) is 17.0. The molecular formula is C15H22N4O4. The van der Waals surface area contributed by atoms with Crippen LogP contribution in [0, 0.1) is 11.8 Å². The number of carboxylic acid groups (broad SMARTS) is 1. The van der Waals surface area contributed by atoms with Crippen LogP contribution in [0.15, 0.2) is 6.20 Å². The lowest BCUT2D eigenvalue weighted by Crippen LogP contribution is -2.36. The molecule has 8 heteroatoms. The maximum absolute atomic E-state index is 12.5. The summed E-state index contributed by atoms with van der Waals surface area (Å²) in [6.07, 6.45) is 4.28. The monoisotopic (exact) mass is 322 g/mol. The number of aliphatic carboxylic acids is 1. The van der Waals surface area contributed by atoms with E-state index in [1.165, 1.54) is 7.05 Å². The number of nitrogens with one attached hydrogen (secondary N) is 2. The number of anilines is 1. The second kappa shape index (κ2) is 7.26. The average Bonchev–Trinajstić information content (AvgIpc) is 2.97. The highest BCUT2D eigenvalue weighted by atomic mass is 16.4. The number of nitrogens with zero attached hydrogens (tertiary/aromatic N) is 2. The minimum Gasteiger partial charge on any atom is -0.481 e. The van der Waals surface area contributed by atoms with Crippen LogP contribution in [0.2, 0.25) is 0 Å². The van der Waals surface area contributed by atoms with Crippen LogP contribution in [0.1, 0.15) is 43.1 Å². The third-order valence-corrected chi connectivity index (χ3v) is 4.21. The van der Waals surface area contributed by atoms with Crippen LogP contribution in [-0.4, -0.2) is 39.7 Å². The predicted molar refractivity (Wildman–Crippen MR) is 83.0 cm³/mol. The summed E-state index contributed by atoms with van der Waals surface area (Å²) in [6.45, 7) is 2.43. The second-order valence-corrected chi connectivity index (χ2v) is 5.65. The molecule has 0 radical (unpaired) electrons. The van der Waals surface area contributed by atoms with E-state index in [0.717, 1.165) is 12.8 Å². The Hall–Kier alpha value is -2.38. The maximum atomic E-state index is 12.5. The molecule has 0 spiro atoms. The Kier molecular flexibility index (Phi) is 5.36. The van der Waals surface area contributed by atoms with Gasteiger partial charge in [-0.05, 0) is 19.8 Å². The van der Waals surface area contributed by atoms with Gasteiger partial charge in [0.2, 0.25) is 5.91 Å². The van der Waals surface area contributed by atoms with Crippen molar-refractivity contribution in [3.8, 4) is 0 Å². The van der Waals surface area contributed by atoms with Crippen LogP contribution in [-0.2, 0) is 16.1 Å². The van der Waals surface area contributed by atoms with Crippen molar-refractivity contribution in [2.75, 3.05) is 12.4 Å². The molecule has 3 N–H and O–H groups in total. The molecule has 1 aliphatic carbocycles. The largest absolute Gasteiger partial charge is 0.481 e. The number of amides is 2. The van der Waals surface area contributed by atoms with Gasteiger partial charge in [0.15, 0.2) is 5.69 Å². The molecule has 8 nitrogen and oxygen atoms in total. The Morgan fingerprint density at radius 2 is 1.96 bits per heavy atom. The summed E-state index contributed by atoms with van der Waals surface area (Å²) < 4.78 is 1.55. The average molecular weight is 322 g/mol. The van der Waals surface area contributed by atoms with Gasteiger partial charge in [0.1, 0.15) is 0 Å². The van der Waals surface area contributed by atoms with Crippen LogP contribution in [0.5, 0.6) is 0 Å². The van der Waals surface area contributed by atoms with Crippen LogP contribution in [0.4, 0.5) is 5.69 Å². The zero-order valence-corrected chi connectivity index (χ0v) is 13.3. The fraction of sp³-hybridized carbons (Fsp3) is 0.600. The molecule has 0 unspecified atom stereocenters. The lowest BCUT2D eigenvalue weighted by molar-refractivity contribution is -0.147. The maximum Gasteiger partial charge on any atom is 0.307 e. The van der Waals surface area contributed by atoms with Crippen molar-refractivity contribution in [3.63, 3.8) is 0 Å². The van der Waals surface area contributed by atoms with Gasteiger partial charge in [0.05, 0.1) is 17.5 Å². The summed E-state index contributed by atoms with van der Waals surface area (Å²) in [7, 11) is 1.49. The lowest BCUT2D eigenvalue weighted by atomic mass is 9.78. The molecule has 1 fully saturated rings. The molecule has 1 aromatic heterocycles. The van der Waals surface area contributed by atoms with Gasteiger partial charge in [-0.15, -0.1) is 0 Å². The lowest BCUT2D eigenvalue weighted by Gasteiger charge is -2.27. The van der Waals surface area contributed by atoms with Gasteiger partial charge >= 0.3 is 5.97 Å². The van der Waals surface area contributed by atoms with Crippen LogP contribution in [0.25, 0.3) is 0 Å². The van der Waals surface area contributed by atoms with E-state index in [9.17, 15) is 19.5 Å². The molecule has 1 aromatic rings. The molecule has 2 rings (SSSR count). The van der Waals surface area contributed by atoms with E-state index in [2.05, 4.69) is 15.7 Å².